The van der Waals surface area contributed by atoms with Gasteiger partial charge in [-0.2, -0.15) is 0 Å². The second-order valence-corrected chi connectivity index (χ2v) is 23.5. The molecule has 0 saturated heterocycles. The van der Waals surface area contributed by atoms with Crippen molar-refractivity contribution in [1.82, 2.24) is 5.32 Å². The number of aliphatic hydroxyl groups excluding tert-OH is 2. The lowest BCUT2D eigenvalue weighted by Crippen LogP contribution is -2.45. The molecule has 0 bridgehead atoms. The van der Waals surface area contributed by atoms with Crippen molar-refractivity contribution in [2.24, 2.45) is 0 Å². The molecule has 0 aromatic rings. The fourth-order valence-electron chi connectivity index (χ4n) is 10.9. The summed E-state index contributed by atoms with van der Waals surface area (Å²) in [6.07, 6.45) is 78.2. The van der Waals surface area contributed by atoms with E-state index in [1.807, 2.05) is 0 Å². The van der Waals surface area contributed by atoms with E-state index in [2.05, 4.69) is 31.3 Å². The van der Waals surface area contributed by atoms with Gasteiger partial charge < -0.3 is 20.3 Å². The average Bonchev–Trinajstić information content (AvgIpc) is 3.40. The summed E-state index contributed by atoms with van der Waals surface area (Å²) in [4.78, 5) is 24.5. The highest BCUT2D eigenvalue weighted by atomic mass is 16.5. The van der Waals surface area contributed by atoms with Crippen molar-refractivity contribution >= 4 is 11.9 Å². The molecule has 0 aliphatic rings. The SMILES string of the molecule is CCCC/C=C\CCCCCCCC(=O)OCCCCCCCCCCCCCCCCCCCCCCCCCC(=O)NC(CO)C(O)CCCCCCCCCCCCCCCCCCCCCCCCC. The highest BCUT2D eigenvalue weighted by Gasteiger charge is 2.20. The average molecular weight is 1040 g/mol. The van der Waals surface area contributed by atoms with Crippen LogP contribution in [-0.4, -0.2) is 47.4 Å². The normalized spacial score (nSPS) is 12.5. The summed E-state index contributed by atoms with van der Waals surface area (Å²) in [6, 6.07) is -0.542. The molecule has 0 saturated carbocycles. The van der Waals surface area contributed by atoms with Crippen molar-refractivity contribution in [2.45, 2.75) is 398 Å². The second-order valence-electron chi connectivity index (χ2n) is 23.5. The largest absolute Gasteiger partial charge is 0.466 e. The lowest BCUT2D eigenvalue weighted by atomic mass is 10.0. The standard InChI is InChI=1S/C68H133NO5/c1-3-5-7-9-11-13-15-16-17-18-19-20-22-25-28-31-34-37-41-44-48-52-56-60-66(71)65(64-70)69-67(72)61-57-53-49-45-42-38-35-32-29-26-23-21-24-27-30-33-36-39-43-47-51-55-59-63-74-68(73)62-58-54-50-46-40-14-12-10-8-6-4-2/h10,12,65-66,70-71H,3-9,11,13-64H2,1-2H3,(H,69,72)/b12-10-. The van der Waals surface area contributed by atoms with Crippen LogP contribution in [0.1, 0.15) is 386 Å². The minimum absolute atomic E-state index is 0.00431. The van der Waals surface area contributed by atoms with E-state index in [-0.39, 0.29) is 18.5 Å². The number of allylic oxidation sites excluding steroid dienone is 2. The van der Waals surface area contributed by atoms with Gasteiger partial charge in [-0.05, 0) is 44.9 Å². The Morgan fingerprint density at radius 2 is 0.649 bits per heavy atom. The fraction of sp³-hybridized carbons (Fsp3) is 0.941. The van der Waals surface area contributed by atoms with Gasteiger partial charge in [-0.3, -0.25) is 9.59 Å². The maximum Gasteiger partial charge on any atom is 0.305 e. The third-order valence-corrected chi connectivity index (χ3v) is 16.1. The molecule has 2 unspecified atom stereocenters. The summed E-state index contributed by atoms with van der Waals surface area (Å²) in [5.41, 5.74) is 0. The van der Waals surface area contributed by atoms with E-state index in [1.54, 1.807) is 0 Å². The molecule has 0 aromatic heterocycles. The summed E-state index contributed by atoms with van der Waals surface area (Å²) < 4.78 is 5.46. The number of carbonyl (C=O) groups excluding carboxylic acids is 2. The van der Waals surface area contributed by atoms with Crippen LogP contribution in [0.3, 0.4) is 0 Å². The molecular weight excluding hydrogens is 911 g/mol. The molecule has 0 aliphatic heterocycles. The van der Waals surface area contributed by atoms with Crippen LogP contribution in [0, 0.1) is 0 Å². The smallest absolute Gasteiger partial charge is 0.305 e. The van der Waals surface area contributed by atoms with Crippen LogP contribution in [0.15, 0.2) is 12.2 Å². The zero-order valence-corrected chi connectivity index (χ0v) is 50.4. The van der Waals surface area contributed by atoms with Crippen LogP contribution >= 0.6 is 0 Å². The van der Waals surface area contributed by atoms with Gasteiger partial charge >= 0.3 is 5.97 Å². The van der Waals surface area contributed by atoms with E-state index >= 15 is 0 Å². The number of ether oxygens (including phenoxy) is 1. The Labute approximate surface area is 463 Å². The van der Waals surface area contributed by atoms with Gasteiger partial charge in [0, 0.05) is 12.8 Å². The topological polar surface area (TPSA) is 95.9 Å². The van der Waals surface area contributed by atoms with E-state index < -0.39 is 12.1 Å². The van der Waals surface area contributed by atoms with Crippen molar-refractivity contribution in [3.63, 3.8) is 0 Å². The summed E-state index contributed by atoms with van der Waals surface area (Å²) >= 11 is 0. The second kappa shape index (κ2) is 64.1. The maximum absolute atomic E-state index is 12.5. The molecule has 0 fully saturated rings. The minimum atomic E-state index is -0.665. The van der Waals surface area contributed by atoms with Gasteiger partial charge in [0.15, 0.2) is 0 Å². The van der Waals surface area contributed by atoms with Crippen molar-refractivity contribution < 1.29 is 24.5 Å². The number of hydrogen-bond donors (Lipinski definition) is 3. The molecule has 0 heterocycles. The number of carbonyl (C=O) groups is 2. The molecule has 0 radical (unpaired) electrons. The first-order valence-corrected chi connectivity index (χ1v) is 33.9. The summed E-state index contributed by atoms with van der Waals surface area (Å²) in [6.45, 7) is 4.95. The molecule has 0 aliphatic carbocycles. The Balaban J connectivity index is 3.38. The molecule has 440 valence electrons. The van der Waals surface area contributed by atoms with Gasteiger partial charge in [0.05, 0.1) is 25.4 Å². The zero-order chi connectivity index (χ0) is 53.6. The Bertz CT molecular complexity index is 1110. The lowest BCUT2D eigenvalue weighted by Gasteiger charge is -2.22. The number of hydrogen-bond acceptors (Lipinski definition) is 5. The Hall–Kier alpha value is -1.40. The Kier molecular flexibility index (Phi) is 62.9. The van der Waals surface area contributed by atoms with Gasteiger partial charge in [-0.25, -0.2) is 0 Å². The van der Waals surface area contributed by atoms with Crippen LogP contribution in [0.2, 0.25) is 0 Å². The van der Waals surface area contributed by atoms with Gasteiger partial charge in [0.25, 0.3) is 0 Å². The molecule has 2 atom stereocenters. The number of esters is 1. The van der Waals surface area contributed by atoms with Gasteiger partial charge in [-0.1, -0.05) is 341 Å². The quantitative estimate of drug-likeness (QED) is 0.0320. The predicted octanol–water partition coefficient (Wildman–Crippen LogP) is 21.6. The molecule has 6 heteroatoms. The van der Waals surface area contributed by atoms with E-state index in [4.69, 9.17) is 4.74 Å². The number of unbranched alkanes of at least 4 members (excludes halogenated alkanes) is 51. The monoisotopic (exact) mass is 1040 g/mol. The first kappa shape index (κ1) is 72.6. The van der Waals surface area contributed by atoms with E-state index in [9.17, 15) is 19.8 Å². The van der Waals surface area contributed by atoms with E-state index in [0.29, 0.717) is 25.9 Å². The highest BCUT2D eigenvalue weighted by Crippen LogP contribution is 2.19. The predicted molar refractivity (Wildman–Crippen MR) is 324 cm³/mol. The Morgan fingerprint density at radius 1 is 0.365 bits per heavy atom. The van der Waals surface area contributed by atoms with Crippen LogP contribution in [0.4, 0.5) is 0 Å². The molecular formula is C68H133NO5. The van der Waals surface area contributed by atoms with Crippen LogP contribution < -0.4 is 5.32 Å². The fourth-order valence-corrected chi connectivity index (χ4v) is 10.9. The van der Waals surface area contributed by atoms with Crippen molar-refractivity contribution in [3.05, 3.63) is 12.2 Å². The number of nitrogens with one attached hydrogen (secondary N) is 1. The minimum Gasteiger partial charge on any atom is -0.466 e. The third kappa shape index (κ3) is 59.8. The summed E-state index contributed by atoms with van der Waals surface area (Å²) in [7, 11) is 0. The van der Waals surface area contributed by atoms with Crippen molar-refractivity contribution in [2.75, 3.05) is 13.2 Å². The zero-order valence-electron chi connectivity index (χ0n) is 50.4. The molecule has 1 amide bonds. The third-order valence-electron chi connectivity index (χ3n) is 16.1. The number of amides is 1. The van der Waals surface area contributed by atoms with E-state index in [0.717, 1.165) is 44.9 Å². The number of aliphatic hydroxyl groups is 2. The highest BCUT2D eigenvalue weighted by molar-refractivity contribution is 5.76. The summed E-state index contributed by atoms with van der Waals surface area (Å²) in [5.74, 6) is -0.0253. The number of rotatable bonds is 64. The molecule has 0 spiro atoms. The molecule has 74 heavy (non-hydrogen) atoms. The van der Waals surface area contributed by atoms with Gasteiger partial charge in [0.2, 0.25) is 5.91 Å². The first-order chi connectivity index (χ1) is 36.5. The lowest BCUT2D eigenvalue weighted by molar-refractivity contribution is -0.143. The van der Waals surface area contributed by atoms with Crippen molar-refractivity contribution in [1.29, 1.82) is 0 Å². The Morgan fingerprint density at radius 3 is 1.00 bits per heavy atom. The molecule has 6 nitrogen and oxygen atoms in total. The molecule has 0 rings (SSSR count). The molecule has 3 N–H and O–H groups in total. The van der Waals surface area contributed by atoms with Crippen LogP contribution in [-0.2, 0) is 14.3 Å². The summed E-state index contributed by atoms with van der Waals surface area (Å²) in [5, 5.41) is 23.4. The van der Waals surface area contributed by atoms with Crippen molar-refractivity contribution in [3.8, 4) is 0 Å². The molecule has 0 aromatic carbocycles. The van der Waals surface area contributed by atoms with Gasteiger partial charge in [0.1, 0.15) is 0 Å². The van der Waals surface area contributed by atoms with Crippen LogP contribution in [0.25, 0.3) is 0 Å². The van der Waals surface area contributed by atoms with E-state index in [1.165, 1.54) is 308 Å². The van der Waals surface area contributed by atoms with Gasteiger partial charge in [-0.15, -0.1) is 0 Å². The maximum atomic E-state index is 12.5. The van der Waals surface area contributed by atoms with Crippen LogP contribution in [0.5, 0.6) is 0 Å². The first-order valence-electron chi connectivity index (χ1n) is 33.9.